The first kappa shape index (κ1) is 22.5. The number of nitrogens with one attached hydrogen (secondary N) is 2. The molecule has 0 unspecified atom stereocenters. The van der Waals surface area contributed by atoms with Crippen molar-refractivity contribution in [1.82, 2.24) is 25.1 Å². The van der Waals surface area contributed by atoms with Crippen molar-refractivity contribution < 1.29 is 4.79 Å². The lowest BCUT2D eigenvalue weighted by Gasteiger charge is -2.26. The fourth-order valence-electron chi connectivity index (χ4n) is 4.12. The van der Waals surface area contributed by atoms with E-state index in [1.807, 2.05) is 37.5 Å². The Hall–Kier alpha value is -3.73. The lowest BCUT2D eigenvalue weighted by molar-refractivity contribution is 0.0948. The maximum atomic E-state index is 12.2. The number of benzene rings is 1. The summed E-state index contributed by atoms with van der Waals surface area (Å²) in [6.07, 6.45) is 10.4. The SMILES string of the molecule is Cc1cnc(Nc2cnn(C3CCC(C)CC3)c2)nc1-c1ccc(C(=O)N[C@@H](C)C#N)cc1. The van der Waals surface area contributed by atoms with Crippen molar-refractivity contribution in [1.29, 1.82) is 5.26 Å². The Morgan fingerprint density at radius 2 is 1.91 bits per heavy atom. The molecular weight excluding hydrogens is 414 g/mol. The average Bonchev–Trinajstić information content (AvgIpc) is 3.29. The summed E-state index contributed by atoms with van der Waals surface area (Å²) < 4.78 is 2.06. The number of hydrogen-bond acceptors (Lipinski definition) is 6. The fraction of sp³-hybridized carbons (Fsp3) is 0.400. The monoisotopic (exact) mass is 443 g/mol. The number of nitrogens with zero attached hydrogens (tertiary/aromatic N) is 5. The molecule has 1 saturated carbocycles. The summed E-state index contributed by atoms with van der Waals surface area (Å²) in [5, 5.41) is 19.3. The van der Waals surface area contributed by atoms with Crippen molar-refractivity contribution in [3.8, 4) is 17.3 Å². The molecule has 0 spiro atoms. The molecule has 1 aliphatic carbocycles. The van der Waals surface area contributed by atoms with Gasteiger partial charge in [-0.1, -0.05) is 19.1 Å². The highest BCUT2D eigenvalue weighted by atomic mass is 16.1. The van der Waals surface area contributed by atoms with Gasteiger partial charge in [-0.15, -0.1) is 0 Å². The van der Waals surface area contributed by atoms with Crippen LogP contribution in [0.3, 0.4) is 0 Å². The Kier molecular flexibility index (Phi) is 6.68. The van der Waals surface area contributed by atoms with Gasteiger partial charge in [0.05, 0.1) is 29.7 Å². The summed E-state index contributed by atoms with van der Waals surface area (Å²) >= 11 is 0. The number of aromatic nitrogens is 4. The summed E-state index contributed by atoms with van der Waals surface area (Å²) in [5.41, 5.74) is 3.97. The largest absolute Gasteiger partial charge is 0.337 e. The quantitative estimate of drug-likeness (QED) is 0.567. The zero-order valence-corrected chi connectivity index (χ0v) is 19.2. The molecule has 33 heavy (non-hydrogen) atoms. The van der Waals surface area contributed by atoms with Gasteiger partial charge in [-0.3, -0.25) is 9.48 Å². The Balaban J connectivity index is 1.47. The summed E-state index contributed by atoms with van der Waals surface area (Å²) in [6, 6.07) is 9.09. The van der Waals surface area contributed by atoms with Crippen molar-refractivity contribution in [2.75, 3.05) is 5.32 Å². The molecule has 1 aliphatic rings. The zero-order chi connectivity index (χ0) is 23.4. The van der Waals surface area contributed by atoms with E-state index in [0.717, 1.165) is 41.3 Å². The predicted molar refractivity (Wildman–Crippen MR) is 127 cm³/mol. The van der Waals surface area contributed by atoms with Crippen LogP contribution < -0.4 is 10.6 Å². The first-order chi connectivity index (χ1) is 15.9. The minimum Gasteiger partial charge on any atom is -0.337 e. The number of aryl methyl sites for hydroxylation is 1. The number of hydrogen-bond donors (Lipinski definition) is 2. The van der Waals surface area contributed by atoms with E-state index in [1.54, 1.807) is 25.3 Å². The number of nitriles is 1. The molecule has 1 amide bonds. The Bertz CT molecular complexity index is 1150. The zero-order valence-electron chi connectivity index (χ0n) is 19.2. The van der Waals surface area contributed by atoms with Crippen LogP contribution in [0.2, 0.25) is 0 Å². The van der Waals surface area contributed by atoms with Gasteiger partial charge in [-0.05, 0) is 63.1 Å². The van der Waals surface area contributed by atoms with Crippen LogP contribution in [-0.2, 0) is 0 Å². The van der Waals surface area contributed by atoms with E-state index in [1.165, 1.54) is 12.8 Å². The number of carbonyl (C=O) groups is 1. The van der Waals surface area contributed by atoms with E-state index in [-0.39, 0.29) is 5.91 Å². The molecule has 0 aliphatic heterocycles. The summed E-state index contributed by atoms with van der Waals surface area (Å²) in [4.78, 5) is 21.3. The third-order valence-electron chi connectivity index (χ3n) is 6.15. The van der Waals surface area contributed by atoms with Crippen LogP contribution in [0, 0.1) is 24.2 Å². The van der Waals surface area contributed by atoms with Gasteiger partial charge in [0.15, 0.2) is 0 Å². The maximum absolute atomic E-state index is 12.2. The number of rotatable bonds is 6. The van der Waals surface area contributed by atoms with Gasteiger partial charge in [-0.2, -0.15) is 10.4 Å². The van der Waals surface area contributed by atoms with Crippen molar-refractivity contribution >= 4 is 17.5 Å². The fourth-order valence-corrected chi connectivity index (χ4v) is 4.12. The Morgan fingerprint density at radius 3 is 2.61 bits per heavy atom. The van der Waals surface area contributed by atoms with Crippen LogP contribution in [0.5, 0.6) is 0 Å². The molecule has 8 nitrogen and oxygen atoms in total. The van der Waals surface area contributed by atoms with Gasteiger partial charge in [0, 0.05) is 23.5 Å². The van der Waals surface area contributed by atoms with Gasteiger partial charge in [-0.25, -0.2) is 9.97 Å². The first-order valence-corrected chi connectivity index (χ1v) is 11.4. The summed E-state index contributed by atoms with van der Waals surface area (Å²) in [7, 11) is 0. The molecule has 4 rings (SSSR count). The van der Waals surface area contributed by atoms with E-state index in [9.17, 15) is 4.79 Å². The van der Waals surface area contributed by atoms with Crippen LogP contribution in [0.15, 0.2) is 42.9 Å². The van der Waals surface area contributed by atoms with Crippen LogP contribution in [0.4, 0.5) is 11.6 Å². The van der Waals surface area contributed by atoms with Gasteiger partial charge in [0.1, 0.15) is 6.04 Å². The molecule has 2 heterocycles. The summed E-state index contributed by atoms with van der Waals surface area (Å²) in [5.74, 6) is 1.03. The molecule has 0 saturated heterocycles. The first-order valence-electron chi connectivity index (χ1n) is 11.4. The van der Waals surface area contributed by atoms with Crippen LogP contribution in [-0.4, -0.2) is 31.7 Å². The third-order valence-corrected chi connectivity index (χ3v) is 6.15. The standard InChI is InChI=1S/C25H29N7O/c1-16-4-10-22(11-5-16)32-15-21(14-28-32)30-25-27-13-17(2)23(31-25)19-6-8-20(9-7-19)24(33)29-18(3)12-26/h6-9,13-16,18,22H,4-5,10-11H2,1-3H3,(H,29,33)(H,27,30,31)/t16?,18-,22?/m0/s1. The number of carbonyl (C=O) groups excluding carboxylic acids is 1. The van der Waals surface area contributed by atoms with E-state index < -0.39 is 6.04 Å². The minimum atomic E-state index is -0.541. The van der Waals surface area contributed by atoms with E-state index in [4.69, 9.17) is 10.2 Å². The highest BCUT2D eigenvalue weighted by molar-refractivity contribution is 5.95. The van der Waals surface area contributed by atoms with Crippen molar-refractivity contribution in [2.24, 2.45) is 5.92 Å². The van der Waals surface area contributed by atoms with Gasteiger partial charge in [0.2, 0.25) is 5.95 Å². The molecule has 3 aromatic rings. The second kappa shape index (κ2) is 9.82. The molecule has 1 atom stereocenters. The molecule has 1 aromatic carbocycles. The predicted octanol–water partition coefficient (Wildman–Crippen LogP) is 4.79. The van der Waals surface area contributed by atoms with Crippen molar-refractivity contribution in [3.63, 3.8) is 0 Å². The Morgan fingerprint density at radius 1 is 1.18 bits per heavy atom. The van der Waals surface area contributed by atoms with Crippen molar-refractivity contribution in [3.05, 3.63) is 54.0 Å². The third kappa shape index (κ3) is 5.37. The second-order valence-corrected chi connectivity index (χ2v) is 8.87. The molecule has 2 N–H and O–H groups in total. The van der Waals surface area contributed by atoms with E-state index >= 15 is 0 Å². The van der Waals surface area contributed by atoms with Gasteiger partial charge in [0.25, 0.3) is 5.91 Å². The van der Waals surface area contributed by atoms with Crippen LogP contribution in [0.1, 0.15) is 61.5 Å². The Labute approximate surface area is 194 Å². The average molecular weight is 444 g/mol. The highest BCUT2D eigenvalue weighted by Gasteiger charge is 2.20. The minimum absolute atomic E-state index is 0.276. The van der Waals surface area contributed by atoms with Crippen molar-refractivity contribution in [2.45, 2.75) is 58.5 Å². The number of amides is 1. The number of anilines is 2. The normalized spacial score (nSPS) is 18.8. The molecule has 0 radical (unpaired) electrons. The van der Waals surface area contributed by atoms with Gasteiger partial charge >= 0.3 is 0 Å². The molecule has 2 aromatic heterocycles. The molecule has 8 heteroatoms. The molecule has 170 valence electrons. The lowest BCUT2D eigenvalue weighted by atomic mass is 9.87. The summed E-state index contributed by atoms with van der Waals surface area (Å²) in [6.45, 7) is 5.91. The molecule has 0 bridgehead atoms. The smallest absolute Gasteiger partial charge is 0.252 e. The van der Waals surface area contributed by atoms with Crippen LogP contribution >= 0.6 is 0 Å². The molecular formula is C25H29N7O. The second-order valence-electron chi connectivity index (χ2n) is 8.87. The van der Waals surface area contributed by atoms with E-state index in [0.29, 0.717) is 17.6 Å². The molecule has 1 fully saturated rings. The topological polar surface area (TPSA) is 109 Å². The highest BCUT2D eigenvalue weighted by Crippen LogP contribution is 2.32. The van der Waals surface area contributed by atoms with E-state index in [2.05, 4.69) is 32.3 Å². The lowest BCUT2D eigenvalue weighted by Crippen LogP contribution is -2.31. The maximum Gasteiger partial charge on any atom is 0.252 e. The van der Waals surface area contributed by atoms with Crippen LogP contribution in [0.25, 0.3) is 11.3 Å². The van der Waals surface area contributed by atoms with Gasteiger partial charge < -0.3 is 10.6 Å².